The zero-order valence-corrected chi connectivity index (χ0v) is 9.87. The van der Waals surface area contributed by atoms with Crippen LogP contribution in [0.5, 0.6) is 0 Å². The molecular formula is C13H16O3. The molecule has 0 aromatic heterocycles. The van der Waals surface area contributed by atoms with Gasteiger partial charge in [0.15, 0.2) is 0 Å². The quantitative estimate of drug-likeness (QED) is 0.578. The monoisotopic (exact) mass is 220 g/mol. The number of esters is 1. The lowest BCUT2D eigenvalue weighted by atomic mass is 10.0. The summed E-state index contributed by atoms with van der Waals surface area (Å²) in [6, 6.07) is 5.39. The van der Waals surface area contributed by atoms with Crippen molar-refractivity contribution in [1.82, 2.24) is 0 Å². The lowest BCUT2D eigenvalue weighted by Gasteiger charge is -2.09. The van der Waals surface area contributed by atoms with Gasteiger partial charge in [0.2, 0.25) is 0 Å². The molecule has 1 rings (SSSR count). The number of hydrogen-bond acceptors (Lipinski definition) is 3. The first-order valence-electron chi connectivity index (χ1n) is 5.11. The van der Waals surface area contributed by atoms with Crippen molar-refractivity contribution in [3.63, 3.8) is 0 Å². The minimum atomic E-state index is -0.328. The second-order valence-electron chi connectivity index (χ2n) is 3.38. The van der Waals surface area contributed by atoms with Crippen molar-refractivity contribution in [1.29, 1.82) is 0 Å². The third-order valence-electron chi connectivity index (χ3n) is 2.27. The molecule has 3 nitrogen and oxygen atoms in total. The Morgan fingerprint density at radius 2 is 2.12 bits per heavy atom. The Hall–Kier alpha value is -1.77. The molecule has 0 radical (unpaired) electrons. The fourth-order valence-corrected chi connectivity index (χ4v) is 1.43. The van der Waals surface area contributed by atoms with Crippen molar-refractivity contribution in [2.24, 2.45) is 0 Å². The molecular weight excluding hydrogens is 204 g/mol. The van der Waals surface area contributed by atoms with Crippen LogP contribution in [0.4, 0.5) is 0 Å². The van der Waals surface area contributed by atoms with Gasteiger partial charge in [-0.3, -0.25) is 0 Å². The molecule has 3 heteroatoms. The van der Waals surface area contributed by atoms with Crippen LogP contribution in [0.3, 0.4) is 0 Å². The van der Waals surface area contributed by atoms with Crippen LogP contribution in [0.25, 0.3) is 5.76 Å². The van der Waals surface area contributed by atoms with Crippen LogP contribution in [0, 0.1) is 6.92 Å². The van der Waals surface area contributed by atoms with Gasteiger partial charge in [-0.1, -0.05) is 12.6 Å². The van der Waals surface area contributed by atoms with E-state index in [4.69, 9.17) is 4.74 Å². The van der Waals surface area contributed by atoms with Gasteiger partial charge in [0, 0.05) is 5.56 Å². The molecule has 0 aliphatic carbocycles. The highest BCUT2D eigenvalue weighted by Gasteiger charge is 2.10. The van der Waals surface area contributed by atoms with Gasteiger partial charge in [0.1, 0.15) is 5.76 Å². The van der Waals surface area contributed by atoms with Crippen LogP contribution < -0.4 is 0 Å². The molecule has 0 fully saturated rings. The van der Waals surface area contributed by atoms with E-state index in [1.807, 2.05) is 19.9 Å². The van der Waals surface area contributed by atoms with Crippen LogP contribution in [0.15, 0.2) is 24.8 Å². The largest absolute Gasteiger partial charge is 0.494 e. The van der Waals surface area contributed by atoms with E-state index in [0.29, 0.717) is 17.9 Å². The van der Waals surface area contributed by atoms with E-state index in [2.05, 4.69) is 11.3 Å². The van der Waals surface area contributed by atoms with Crippen LogP contribution in [0.1, 0.15) is 28.4 Å². The lowest BCUT2D eigenvalue weighted by molar-refractivity contribution is 0.0600. The second kappa shape index (κ2) is 5.35. The molecule has 0 amide bonds. The van der Waals surface area contributed by atoms with Gasteiger partial charge in [0.25, 0.3) is 0 Å². The summed E-state index contributed by atoms with van der Waals surface area (Å²) in [5.41, 5.74) is 2.30. The normalized spacial score (nSPS) is 9.69. The molecule has 0 unspecified atom stereocenters. The van der Waals surface area contributed by atoms with E-state index in [1.165, 1.54) is 7.11 Å². The maximum atomic E-state index is 11.4. The van der Waals surface area contributed by atoms with Crippen molar-refractivity contribution in [3.8, 4) is 0 Å². The average molecular weight is 220 g/mol. The Labute approximate surface area is 95.7 Å². The minimum Gasteiger partial charge on any atom is -0.494 e. The Bertz CT molecular complexity index is 408. The van der Waals surface area contributed by atoms with E-state index >= 15 is 0 Å². The van der Waals surface area contributed by atoms with Crippen molar-refractivity contribution in [2.75, 3.05) is 13.7 Å². The summed E-state index contributed by atoms with van der Waals surface area (Å²) in [6.07, 6.45) is 0. The summed E-state index contributed by atoms with van der Waals surface area (Å²) in [5, 5.41) is 0. The molecule has 16 heavy (non-hydrogen) atoms. The number of aryl methyl sites for hydroxylation is 1. The minimum absolute atomic E-state index is 0.328. The molecule has 0 heterocycles. The second-order valence-corrected chi connectivity index (χ2v) is 3.38. The molecule has 0 atom stereocenters. The topological polar surface area (TPSA) is 35.5 Å². The molecule has 0 saturated heterocycles. The Kier molecular flexibility index (Phi) is 4.11. The summed E-state index contributed by atoms with van der Waals surface area (Å²) in [6.45, 7) is 8.15. The first-order chi connectivity index (χ1) is 7.60. The highest BCUT2D eigenvalue weighted by Crippen LogP contribution is 2.18. The highest BCUT2D eigenvalue weighted by molar-refractivity contribution is 5.91. The number of ether oxygens (including phenoxy) is 2. The number of hydrogen-bond donors (Lipinski definition) is 0. The van der Waals surface area contributed by atoms with Gasteiger partial charge in [-0.2, -0.15) is 0 Å². The summed E-state index contributed by atoms with van der Waals surface area (Å²) in [4.78, 5) is 11.4. The number of carbonyl (C=O) groups is 1. The van der Waals surface area contributed by atoms with Gasteiger partial charge in [0.05, 0.1) is 19.3 Å². The van der Waals surface area contributed by atoms with Gasteiger partial charge in [-0.25, -0.2) is 4.79 Å². The van der Waals surface area contributed by atoms with Crippen molar-refractivity contribution in [3.05, 3.63) is 41.5 Å². The Balaban J connectivity index is 2.99. The Morgan fingerprint density at radius 1 is 1.44 bits per heavy atom. The zero-order valence-electron chi connectivity index (χ0n) is 9.87. The van der Waals surface area contributed by atoms with Crippen LogP contribution in [-0.2, 0) is 9.47 Å². The summed E-state index contributed by atoms with van der Waals surface area (Å²) in [5.74, 6) is 0.285. The van der Waals surface area contributed by atoms with E-state index in [0.717, 1.165) is 11.1 Å². The van der Waals surface area contributed by atoms with E-state index in [1.54, 1.807) is 12.1 Å². The van der Waals surface area contributed by atoms with E-state index in [-0.39, 0.29) is 5.97 Å². The Morgan fingerprint density at radius 3 is 2.62 bits per heavy atom. The van der Waals surface area contributed by atoms with Crippen molar-refractivity contribution < 1.29 is 14.3 Å². The molecule has 1 aromatic carbocycles. The zero-order chi connectivity index (χ0) is 12.1. The van der Waals surface area contributed by atoms with Crippen molar-refractivity contribution >= 4 is 11.7 Å². The van der Waals surface area contributed by atoms with Crippen molar-refractivity contribution in [2.45, 2.75) is 13.8 Å². The smallest absolute Gasteiger partial charge is 0.338 e. The summed E-state index contributed by atoms with van der Waals surface area (Å²) < 4.78 is 9.97. The molecule has 0 spiro atoms. The predicted octanol–water partition coefficient (Wildman–Crippen LogP) is 2.79. The molecule has 0 aliphatic rings. The average Bonchev–Trinajstić information content (AvgIpc) is 2.28. The molecule has 0 N–H and O–H groups in total. The number of rotatable bonds is 4. The molecule has 1 aromatic rings. The van der Waals surface area contributed by atoms with Gasteiger partial charge >= 0.3 is 5.97 Å². The summed E-state index contributed by atoms with van der Waals surface area (Å²) in [7, 11) is 1.37. The standard InChI is InChI=1S/C13H16O3/c1-5-16-10(3)11-6-7-12(9(2)8-11)13(14)15-4/h6-8H,3,5H2,1-2,4H3. The fraction of sp³-hybridized carbons (Fsp3) is 0.308. The maximum absolute atomic E-state index is 11.4. The van der Waals surface area contributed by atoms with Gasteiger partial charge < -0.3 is 9.47 Å². The first kappa shape index (κ1) is 12.3. The van der Waals surface area contributed by atoms with E-state index < -0.39 is 0 Å². The molecule has 0 saturated carbocycles. The number of benzene rings is 1. The summed E-state index contributed by atoms with van der Waals surface area (Å²) >= 11 is 0. The molecule has 86 valence electrons. The fourth-order valence-electron chi connectivity index (χ4n) is 1.43. The highest BCUT2D eigenvalue weighted by atomic mass is 16.5. The third-order valence-corrected chi connectivity index (χ3v) is 2.27. The van der Waals surface area contributed by atoms with E-state index in [9.17, 15) is 4.79 Å². The van der Waals surface area contributed by atoms with Crippen LogP contribution >= 0.6 is 0 Å². The number of carbonyl (C=O) groups excluding carboxylic acids is 1. The third kappa shape index (κ3) is 2.63. The SMILES string of the molecule is C=C(OCC)c1ccc(C(=O)OC)c(C)c1. The van der Waals surface area contributed by atoms with Gasteiger partial charge in [-0.15, -0.1) is 0 Å². The number of methoxy groups -OCH3 is 1. The van der Waals surface area contributed by atoms with Crippen LogP contribution in [0.2, 0.25) is 0 Å². The molecule has 0 bridgehead atoms. The molecule has 0 aliphatic heterocycles. The lowest BCUT2D eigenvalue weighted by Crippen LogP contribution is -2.04. The van der Waals surface area contributed by atoms with Crippen LogP contribution in [-0.4, -0.2) is 19.7 Å². The maximum Gasteiger partial charge on any atom is 0.338 e. The first-order valence-corrected chi connectivity index (χ1v) is 5.11. The predicted molar refractivity (Wildman–Crippen MR) is 63.2 cm³/mol. The van der Waals surface area contributed by atoms with Gasteiger partial charge in [-0.05, 0) is 31.5 Å².